The zero-order valence-corrected chi connectivity index (χ0v) is 13.6. The normalized spacial score (nSPS) is 9.56. The molecule has 1 rings (SSSR count). The molecule has 0 N–H and O–H groups in total. The van der Waals surface area contributed by atoms with Crippen molar-refractivity contribution in [2.75, 3.05) is 0 Å². The minimum absolute atomic E-state index is 0. The molecule has 0 heterocycles. The molecule has 0 aliphatic carbocycles. The Morgan fingerprint density at radius 2 is 1.56 bits per heavy atom. The first-order valence-corrected chi connectivity index (χ1v) is 9.01. The first-order valence-electron chi connectivity index (χ1n) is 5.57. The fourth-order valence-electron chi connectivity index (χ4n) is 0.890. The van der Waals surface area contributed by atoms with Gasteiger partial charge in [0.05, 0.1) is 0 Å². The van der Waals surface area contributed by atoms with E-state index >= 15 is 0 Å². The predicted molar refractivity (Wildman–Crippen MR) is 78.8 cm³/mol. The van der Waals surface area contributed by atoms with Gasteiger partial charge in [-0.1, -0.05) is 63.3 Å². The molecule has 0 saturated carbocycles. The minimum atomic E-state index is -1.27. The molecule has 1 aromatic rings. The van der Waals surface area contributed by atoms with E-state index in [1.165, 1.54) is 6.42 Å². The Morgan fingerprint density at radius 1 is 1.12 bits per heavy atom. The Bertz CT molecular complexity index is 242. The molecular formula is C13H23MgNSi. The van der Waals surface area contributed by atoms with Gasteiger partial charge in [0.1, 0.15) is 0 Å². The number of hydrogen-bond acceptors (Lipinski definition) is 0. The molecule has 1 nitrogen and oxygen atoms in total. The molecule has 0 unspecified atom stereocenters. The van der Waals surface area contributed by atoms with Crippen molar-refractivity contribution in [3.8, 4) is 0 Å². The molecule has 0 atom stereocenters. The molecule has 0 bridgehead atoms. The fourth-order valence-corrected chi connectivity index (χ4v) is 1.81. The number of hydrogen-bond donors (Lipinski definition) is 0. The minimum Gasteiger partial charge on any atom is -0.687 e. The Balaban J connectivity index is 0. The van der Waals surface area contributed by atoms with Gasteiger partial charge in [0, 0.05) is 0 Å². The molecule has 0 aromatic heterocycles. The zero-order valence-electron chi connectivity index (χ0n) is 11.2. The number of benzene rings is 1. The van der Waals surface area contributed by atoms with Gasteiger partial charge < -0.3 is 11.9 Å². The van der Waals surface area contributed by atoms with Gasteiger partial charge in [-0.25, -0.2) is 0 Å². The summed E-state index contributed by atoms with van der Waals surface area (Å²) in [5.74, 6) is 0. The SMILES string of the molecule is C[Si](C)(C)[N-]c1ccccc1.[CH2-]CCC.[Mg+2]. The van der Waals surface area contributed by atoms with Crippen molar-refractivity contribution < 1.29 is 0 Å². The van der Waals surface area contributed by atoms with Crippen LogP contribution in [0.1, 0.15) is 19.8 Å². The third-order valence-electron chi connectivity index (χ3n) is 1.57. The zero-order chi connectivity index (χ0) is 11.7. The van der Waals surface area contributed by atoms with E-state index in [-0.39, 0.29) is 23.1 Å². The van der Waals surface area contributed by atoms with E-state index in [0.717, 1.165) is 12.1 Å². The summed E-state index contributed by atoms with van der Waals surface area (Å²) in [6.45, 7) is 12.4. The summed E-state index contributed by atoms with van der Waals surface area (Å²) in [7, 11) is -1.27. The summed E-state index contributed by atoms with van der Waals surface area (Å²) >= 11 is 0. The van der Waals surface area contributed by atoms with E-state index in [4.69, 9.17) is 0 Å². The summed E-state index contributed by atoms with van der Waals surface area (Å²) in [6.07, 6.45) is 2.28. The van der Waals surface area contributed by atoms with E-state index in [1.54, 1.807) is 0 Å². The third kappa shape index (κ3) is 12.1. The van der Waals surface area contributed by atoms with Crippen LogP contribution in [-0.4, -0.2) is 31.3 Å². The maximum Gasteiger partial charge on any atom is 2.00 e. The quantitative estimate of drug-likeness (QED) is 0.538. The summed E-state index contributed by atoms with van der Waals surface area (Å²) in [6, 6.07) is 10.2. The fraction of sp³-hybridized carbons (Fsp3) is 0.462. The van der Waals surface area contributed by atoms with Crippen LogP contribution >= 0.6 is 0 Å². The van der Waals surface area contributed by atoms with Gasteiger partial charge in [0.2, 0.25) is 0 Å². The molecule has 0 radical (unpaired) electrons. The predicted octanol–water partition coefficient (Wildman–Crippen LogP) is 4.77. The molecule has 0 spiro atoms. The molecule has 0 fully saturated rings. The van der Waals surface area contributed by atoms with Gasteiger partial charge in [-0.05, 0) is 8.24 Å². The van der Waals surface area contributed by atoms with E-state index in [0.29, 0.717) is 0 Å². The van der Waals surface area contributed by atoms with E-state index < -0.39 is 8.24 Å². The molecule has 3 heteroatoms. The van der Waals surface area contributed by atoms with Crippen LogP contribution in [0.25, 0.3) is 4.98 Å². The van der Waals surface area contributed by atoms with Crippen molar-refractivity contribution >= 4 is 37.0 Å². The molecule has 16 heavy (non-hydrogen) atoms. The van der Waals surface area contributed by atoms with Crippen LogP contribution in [0, 0.1) is 6.92 Å². The topological polar surface area (TPSA) is 14.1 Å². The molecule has 86 valence electrons. The van der Waals surface area contributed by atoms with Crippen molar-refractivity contribution in [2.24, 2.45) is 0 Å². The summed E-state index contributed by atoms with van der Waals surface area (Å²) < 4.78 is 0. The molecule has 0 saturated heterocycles. The molecule has 0 amide bonds. The largest absolute Gasteiger partial charge is 2.00 e. The smallest absolute Gasteiger partial charge is 0.687 e. The van der Waals surface area contributed by atoms with Crippen LogP contribution in [0.5, 0.6) is 0 Å². The second-order valence-electron chi connectivity index (χ2n) is 4.47. The molecular weight excluding hydrogens is 223 g/mol. The van der Waals surface area contributed by atoms with Crippen molar-refractivity contribution in [3.05, 3.63) is 42.2 Å². The van der Waals surface area contributed by atoms with E-state index in [9.17, 15) is 0 Å². The van der Waals surface area contributed by atoms with Gasteiger partial charge in [0.15, 0.2) is 0 Å². The van der Waals surface area contributed by atoms with Crippen molar-refractivity contribution in [1.29, 1.82) is 0 Å². The van der Waals surface area contributed by atoms with Crippen LogP contribution in [0.15, 0.2) is 30.3 Å². The summed E-state index contributed by atoms with van der Waals surface area (Å²) in [5.41, 5.74) is 1.12. The van der Waals surface area contributed by atoms with Crippen LogP contribution in [-0.2, 0) is 0 Å². The van der Waals surface area contributed by atoms with Crippen LogP contribution < -0.4 is 0 Å². The van der Waals surface area contributed by atoms with Gasteiger partial charge >= 0.3 is 23.1 Å². The van der Waals surface area contributed by atoms with Gasteiger partial charge in [-0.2, -0.15) is 6.42 Å². The monoisotopic (exact) mass is 245 g/mol. The van der Waals surface area contributed by atoms with Crippen molar-refractivity contribution in [2.45, 2.75) is 39.4 Å². The van der Waals surface area contributed by atoms with Gasteiger partial charge in [-0.3, -0.25) is 0 Å². The van der Waals surface area contributed by atoms with Crippen LogP contribution in [0.3, 0.4) is 0 Å². The number of nitrogens with zero attached hydrogens (tertiary/aromatic N) is 1. The number of rotatable bonds is 3. The number of unbranched alkanes of at least 4 members (excludes halogenated alkanes) is 1. The Labute approximate surface area is 118 Å². The van der Waals surface area contributed by atoms with E-state index in [2.05, 4.69) is 50.6 Å². The average molecular weight is 246 g/mol. The average Bonchev–Trinajstić information content (AvgIpc) is 2.17. The summed E-state index contributed by atoms with van der Waals surface area (Å²) in [4.78, 5) is 4.63. The molecule has 0 aliphatic rings. The summed E-state index contributed by atoms with van der Waals surface area (Å²) in [5, 5.41) is 0. The Morgan fingerprint density at radius 3 is 1.88 bits per heavy atom. The van der Waals surface area contributed by atoms with E-state index in [1.807, 2.05) is 18.2 Å². The van der Waals surface area contributed by atoms with Crippen LogP contribution in [0.4, 0.5) is 5.69 Å². The molecule has 0 aliphatic heterocycles. The van der Waals surface area contributed by atoms with Gasteiger partial charge in [-0.15, -0.1) is 5.69 Å². The Hall–Kier alpha value is 0.00312. The standard InChI is InChI=1S/C9H14NSi.C4H9.Mg/c1-11(2,3)10-9-7-5-4-6-8-9;1-3-4-2;/h4-8H,1-3H3;1,3-4H2,2H3;/q2*-1;+2. The first-order chi connectivity index (χ1) is 6.99. The maximum absolute atomic E-state index is 4.63. The Kier molecular flexibility index (Phi) is 11.7. The second-order valence-corrected chi connectivity index (χ2v) is 9.04. The van der Waals surface area contributed by atoms with Crippen molar-refractivity contribution in [1.82, 2.24) is 0 Å². The molecule has 1 aromatic carbocycles. The third-order valence-corrected chi connectivity index (χ3v) is 2.50. The maximum atomic E-state index is 4.63. The second kappa shape index (κ2) is 10.2. The first kappa shape index (κ1) is 18.4. The van der Waals surface area contributed by atoms with Crippen LogP contribution in [0.2, 0.25) is 19.6 Å². The van der Waals surface area contributed by atoms with Crippen molar-refractivity contribution in [3.63, 3.8) is 0 Å². The van der Waals surface area contributed by atoms with Gasteiger partial charge in [0.25, 0.3) is 0 Å².